The zero-order chi connectivity index (χ0) is 9.35. The molecule has 0 fully saturated rings. The van der Waals surface area contributed by atoms with Crippen LogP contribution in [-0.4, -0.2) is 14.3 Å². The molecule has 0 atom stereocenters. The second-order valence-electron chi connectivity index (χ2n) is 2.03. The number of hydrogen-bond donors (Lipinski definition) is 2. The van der Waals surface area contributed by atoms with Gasteiger partial charge < -0.3 is 10.2 Å². The Morgan fingerprint density at radius 3 is 2.25 bits per heavy atom. The molecule has 0 spiro atoms. The average molecular weight is 190 g/mol. The van der Waals surface area contributed by atoms with Crippen molar-refractivity contribution in [1.29, 1.82) is 0 Å². The van der Waals surface area contributed by atoms with Gasteiger partial charge in [-0.15, -0.1) is 0 Å². The van der Waals surface area contributed by atoms with Crippen LogP contribution in [0.1, 0.15) is 10.6 Å². The lowest BCUT2D eigenvalue weighted by molar-refractivity contribution is 0.0969. The van der Waals surface area contributed by atoms with Gasteiger partial charge in [0.05, 0.1) is 0 Å². The van der Waals surface area contributed by atoms with E-state index in [1.165, 1.54) is 0 Å². The number of furan rings is 1. The Morgan fingerprint density at radius 1 is 1.42 bits per heavy atom. The minimum absolute atomic E-state index is 0.237. The minimum atomic E-state index is -3.89. The summed E-state index contributed by atoms with van der Waals surface area (Å²) in [6.07, 6.45) is 0. The van der Waals surface area contributed by atoms with Gasteiger partial charge in [0.15, 0.2) is 5.76 Å². The van der Waals surface area contributed by atoms with Crippen LogP contribution in [0.15, 0.2) is 21.6 Å². The number of rotatable bonds is 2. The van der Waals surface area contributed by atoms with Gasteiger partial charge in [0.25, 0.3) is 15.9 Å². The standard InChI is InChI=1S/C5H6N2O4S/c6-5(8)3-1-2-4(11-3)12(7,9)10/h1-2H,(H2,6,8)(H2,7,9,10). The van der Waals surface area contributed by atoms with Crippen LogP contribution in [0.2, 0.25) is 0 Å². The molecular weight excluding hydrogens is 184 g/mol. The smallest absolute Gasteiger partial charge is 0.284 e. The maximum absolute atomic E-state index is 10.6. The molecule has 0 aliphatic heterocycles. The quantitative estimate of drug-likeness (QED) is 0.623. The highest BCUT2D eigenvalue weighted by Crippen LogP contribution is 2.10. The highest BCUT2D eigenvalue weighted by atomic mass is 32.2. The highest BCUT2D eigenvalue weighted by molar-refractivity contribution is 7.89. The average Bonchev–Trinajstić information content (AvgIpc) is 2.30. The fraction of sp³-hybridized carbons (Fsp3) is 0. The first kappa shape index (κ1) is 8.75. The summed E-state index contributed by atoms with van der Waals surface area (Å²) in [7, 11) is -3.89. The van der Waals surface area contributed by atoms with Crippen LogP contribution in [-0.2, 0) is 10.0 Å². The van der Waals surface area contributed by atoms with Gasteiger partial charge >= 0.3 is 0 Å². The van der Waals surface area contributed by atoms with Crippen molar-refractivity contribution < 1.29 is 17.6 Å². The van der Waals surface area contributed by atoms with E-state index < -0.39 is 21.0 Å². The van der Waals surface area contributed by atoms with Crippen LogP contribution in [0.3, 0.4) is 0 Å². The van der Waals surface area contributed by atoms with Crippen molar-refractivity contribution in [3.8, 4) is 0 Å². The molecule has 0 saturated carbocycles. The van der Waals surface area contributed by atoms with E-state index in [1.807, 2.05) is 0 Å². The molecule has 0 aliphatic carbocycles. The predicted octanol–water partition coefficient (Wildman–Crippen LogP) is -0.974. The van der Waals surface area contributed by atoms with Crippen molar-refractivity contribution in [3.05, 3.63) is 17.9 Å². The van der Waals surface area contributed by atoms with Crippen LogP contribution in [0, 0.1) is 0 Å². The number of sulfonamides is 1. The van der Waals surface area contributed by atoms with Crippen molar-refractivity contribution in [2.24, 2.45) is 10.9 Å². The second-order valence-corrected chi connectivity index (χ2v) is 3.52. The SMILES string of the molecule is NC(=O)c1ccc(S(N)(=O)=O)o1. The molecule has 0 bridgehead atoms. The lowest BCUT2D eigenvalue weighted by Gasteiger charge is -1.89. The summed E-state index contributed by atoms with van der Waals surface area (Å²) >= 11 is 0. The van der Waals surface area contributed by atoms with E-state index in [4.69, 9.17) is 10.9 Å². The van der Waals surface area contributed by atoms with Gasteiger partial charge in [0.2, 0.25) is 5.09 Å². The molecule has 1 rings (SSSR count). The first-order valence-corrected chi connectivity index (χ1v) is 4.38. The van der Waals surface area contributed by atoms with Gasteiger partial charge in [0.1, 0.15) is 0 Å². The van der Waals surface area contributed by atoms with Crippen LogP contribution >= 0.6 is 0 Å². The van der Waals surface area contributed by atoms with Crippen molar-refractivity contribution in [2.75, 3.05) is 0 Å². The van der Waals surface area contributed by atoms with E-state index in [2.05, 4.69) is 4.42 Å². The molecule has 66 valence electrons. The maximum Gasteiger partial charge on any atom is 0.284 e. The van der Waals surface area contributed by atoms with Gasteiger partial charge in [-0.2, -0.15) is 0 Å². The third kappa shape index (κ3) is 1.63. The van der Waals surface area contributed by atoms with Crippen molar-refractivity contribution in [1.82, 2.24) is 0 Å². The normalized spacial score (nSPS) is 11.4. The number of hydrogen-bond acceptors (Lipinski definition) is 4. The molecule has 1 aromatic heterocycles. The third-order valence-corrected chi connectivity index (χ3v) is 1.88. The van der Waals surface area contributed by atoms with E-state index >= 15 is 0 Å². The lowest BCUT2D eigenvalue weighted by atomic mass is 10.4. The van der Waals surface area contributed by atoms with Crippen molar-refractivity contribution >= 4 is 15.9 Å². The topological polar surface area (TPSA) is 116 Å². The molecule has 1 amide bonds. The Balaban J connectivity index is 3.17. The molecule has 0 radical (unpaired) electrons. The van der Waals surface area contributed by atoms with Gasteiger partial charge in [0, 0.05) is 0 Å². The lowest BCUT2D eigenvalue weighted by Crippen LogP contribution is -2.12. The fourth-order valence-corrected chi connectivity index (χ4v) is 1.07. The van der Waals surface area contributed by atoms with Crippen LogP contribution in [0.5, 0.6) is 0 Å². The number of nitrogens with two attached hydrogens (primary N) is 2. The van der Waals surface area contributed by atoms with Gasteiger partial charge in [-0.25, -0.2) is 13.6 Å². The van der Waals surface area contributed by atoms with Crippen LogP contribution in [0.25, 0.3) is 0 Å². The Bertz CT molecular complexity index is 405. The summed E-state index contributed by atoms with van der Waals surface area (Å²) in [4.78, 5) is 10.4. The first-order chi connectivity index (χ1) is 5.41. The van der Waals surface area contributed by atoms with Crippen molar-refractivity contribution in [2.45, 2.75) is 5.09 Å². The highest BCUT2D eigenvalue weighted by Gasteiger charge is 2.15. The van der Waals surface area contributed by atoms with Gasteiger partial charge in [-0.05, 0) is 12.1 Å². The van der Waals surface area contributed by atoms with E-state index in [0.29, 0.717) is 0 Å². The second kappa shape index (κ2) is 2.61. The minimum Gasteiger partial charge on any atom is -0.438 e. The molecule has 6 nitrogen and oxygen atoms in total. The van der Waals surface area contributed by atoms with Crippen molar-refractivity contribution in [3.63, 3.8) is 0 Å². The maximum atomic E-state index is 10.6. The van der Waals surface area contributed by atoms with Crippen LogP contribution in [0.4, 0.5) is 0 Å². The Kier molecular flexibility index (Phi) is 1.90. The number of carbonyl (C=O) groups excluding carboxylic acids is 1. The van der Waals surface area contributed by atoms with Crippen LogP contribution < -0.4 is 10.9 Å². The number of carbonyl (C=O) groups is 1. The Labute approximate surface area is 68.2 Å². The fourth-order valence-electron chi connectivity index (χ4n) is 0.605. The Hall–Kier alpha value is -1.34. The van der Waals surface area contributed by atoms with E-state index in [-0.39, 0.29) is 5.76 Å². The largest absolute Gasteiger partial charge is 0.438 e. The summed E-state index contributed by atoms with van der Waals surface area (Å²) in [6, 6.07) is 2.21. The zero-order valence-corrected chi connectivity index (χ0v) is 6.67. The Morgan fingerprint density at radius 2 is 2.00 bits per heavy atom. The molecule has 4 N–H and O–H groups in total. The molecule has 0 saturated heterocycles. The molecule has 0 aliphatic rings. The number of primary amides is 1. The first-order valence-electron chi connectivity index (χ1n) is 2.83. The summed E-state index contributed by atoms with van der Waals surface area (Å²) < 4.78 is 25.7. The third-order valence-electron chi connectivity index (χ3n) is 1.10. The molecule has 1 heterocycles. The molecule has 12 heavy (non-hydrogen) atoms. The van der Waals surface area contributed by atoms with E-state index in [1.54, 1.807) is 0 Å². The van der Waals surface area contributed by atoms with E-state index in [9.17, 15) is 13.2 Å². The summed E-state index contributed by atoms with van der Waals surface area (Å²) in [5, 5.41) is 4.22. The van der Waals surface area contributed by atoms with Gasteiger partial charge in [-0.1, -0.05) is 0 Å². The predicted molar refractivity (Wildman–Crippen MR) is 38.6 cm³/mol. The molecular formula is C5H6N2O4S. The number of amides is 1. The molecule has 1 aromatic rings. The summed E-state index contributed by atoms with van der Waals surface area (Å²) in [5.74, 6) is -1.08. The van der Waals surface area contributed by atoms with Gasteiger partial charge in [-0.3, -0.25) is 4.79 Å². The van der Waals surface area contributed by atoms with E-state index in [0.717, 1.165) is 12.1 Å². The zero-order valence-electron chi connectivity index (χ0n) is 5.85. The summed E-state index contributed by atoms with van der Waals surface area (Å²) in [5.41, 5.74) is 4.80. The summed E-state index contributed by atoms with van der Waals surface area (Å²) in [6.45, 7) is 0. The number of primary sulfonamides is 1. The molecule has 7 heteroatoms. The molecule has 0 aromatic carbocycles. The molecule has 0 unspecified atom stereocenters. The monoisotopic (exact) mass is 190 g/mol.